The number of aryl methyl sites for hydroxylation is 1. The molecule has 0 fully saturated rings. The highest BCUT2D eigenvalue weighted by molar-refractivity contribution is 6.03. The van der Waals surface area contributed by atoms with Crippen LogP contribution in [0.15, 0.2) is 54.7 Å². The van der Waals surface area contributed by atoms with Gasteiger partial charge in [0.2, 0.25) is 0 Å². The molecule has 1 aromatic heterocycles. The number of ether oxygens (including phenoxy) is 1. The largest absolute Gasteiger partial charge is 0.480 e. The molecule has 1 atom stereocenters. The van der Waals surface area contributed by atoms with Crippen LogP contribution < -0.4 is 10.1 Å². The lowest BCUT2D eigenvalue weighted by Gasteiger charge is -2.09. The van der Waals surface area contributed by atoms with Crippen LogP contribution in [0.2, 0.25) is 0 Å². The summed E-state index contributed by atoms with van der Waals surface area (Å²) in [6.45, 7) is 3.34. The Balaban J connectivity index is 1.83. The Labute approximate surface area is 170 Å². The predicted octanol–water partition coefficient (Wildman–Crippen LogP) is 3.79. The van der Waals surface area contributed by atoms with Gasteiger partial charge in [-0.15, -0.1) is 0 Å². The van der Waals surface area contributed by atoms with Gasteiger partial charge >= 0.3 is 5.97 Å². The molecule has 30 heavy (non-hydrogen) atoms. The molecule has 2 N–H and O–H groups in total. The van der Waals surface area contributed by atoms with E-state index in [0.717, 1.165) is 10.2 Å². The number of hydrogen-bond acceptors (Lipinski definition) is 6. The number of carboxylic acid groups (broad SMARTS) is 1. The minimum Gasteiger partial charge on any atom is -0.480 e. The molecule has 0 saturated heterocycles. The lowest BCUT2D eigenvalue weighted by atomic mass is 10.2. The van der Waals surface area contributed by atoms with E-state index in [1.807, 2.05) is 19.1 Å². The molecule has 10 nitrogen and oxygen atoms in total. The highest BCUT2D eigenvalue weighted by Gasteiger charge is 2.18. The SMILES string of the molecule is Cc1ccc(Oc2cc(NC(=O)c3ccn(C(C)C(=O)O)n3)cc([N+](=O)[O-])c2)cc1. The van der Waals surface area contributed by atoms with Gasteiger partial charge in [0.1, 0.15) is 17.5 Å². The molecule has 1 heterocycles. The summed E-state index contributed by atoms with van der Waals surface area (Å²) in [6, 6.07) is 11.4. The van der Waals surface area contributed by atoms with Crippen molar-refractivity contribution in [3.05, 3.63) is 76.1 Å². The number of benzene rings is 2. The summed E-state index contributed by atoms with van der Waals surface area (Å²) in [6.07, 6.45) is 1.37. The van der Waals surface area contributed by atoms with E-state index in [2.05, 4.69) is 10.4 Å². The number of nitrogens with zero attached hydrogens (tertiary/aromatic N) is 3. The summed E-state index contributed by atoms with van der Waals surface area (Å²) in [7, 11) is 0. The summed E-state index contributed by atoms with van der Waals surface area (Å²) in [4.78, 5) is 34.2. The maximum absolute atomic E-state index is 12.5. The van der Waals surface area contributed by atoms with E-state index in [0.29, 0.717) is 5.75 Å². The van der Waals surface area contributed by atoms with Crippen molar-refractivity contribution < 1.29 is 24.4 Å². The number of aliphatic carboxylic acids is 1. The van der Waals surface area contributed by atoms with Gasteiger partial charge in [0.15, 0.2) is 5.69 Å². The minimum atomic E-state index is -1.10. The number of aromatic nitrogens is 2. The summed E-state index contributed by atoms with van der Waals surface area (Å²) < 4.78 is 6.81. The molecule has 0 aliphatic heterocycles. The molecule has 1 unspecified atom stereocenters. The first-order valence-electron chi connectivity index (χ1n) is 8.86. The van der Waals surface area contributed by atoms with E-state index >= 15 is 0 Å². The average Bonchev–Trinajstić information content (AvgIpc) is 3.19. The van der Waals surface area contributed by atoms with Crippen molar-refractivity contribution in [1.82, 2.24) is 9.78 Å². The van der Waals surface area contributed by atoms with Crippen molar-refractivity contribution in [2.45, 2.75) is 19.9 Å². The number of nitro groups is 1. The van der Waals surface area contributed by atoms with E-state index in [-0.39, 0.29) is 22.8 Å². The average molecular weight is 410 g/mol. The molecule has 2 aromatic carbocycles. The second-order valence-corrected chi connectivity index (χ2v) is 6.54. The smallest absolute Gasteiger partial charge is 0.328 e. The third-order valence-corrected chi connectivity index (χ3v) is 4.21. The molecule has 154 valence electrons. The van der Waals surface area contributed by atoms with Crippen LogP contribution in [-0.4, -0.2) is 31.7 Å². The first-order valence-corrected chi connectivity index (χ1v) is 8.86. The maximum Gasteiger partial charge on any atom is 0.328 e. The van der Waals surface area contributed by atoms with Gasteiger partial charge in [-0.2, -0.15) is 5.10 Å². The van der Waals surface area contributed by atoms with Crippen LogP contribution in [0.4, 0.5) is 11.4 Å². The van der Waals surface area contributed by atoms with Crippen LogP contribution >= 0.6 is 0 Å². The van der Waals surface area contributed by atoms with E-state index in [4.69, 9.17) is 9.84 Å². The van der Waals surface area contributed by atoms with E-state index < -0.39 is 22.8 Å². The van der Waals surface area contributed by atoms with Crippen molar-refractivity contribution in [2.75, 3.05) is 5.32 Å². The highest BCUT2D eigenvalue weighted by Crippen LogP contribution is 2.30. The Hall–Kier alpha value is -4.21. The van der Waals surface area contributed by atoms with Crippen molar-refractivity contribution in [3.8, 4) is 11.5 Å². The Morgan fingerprint density at radius 3 is 2.50 bits per heavy atom. The fraction of sp³-hybridized carbons (Fsp3) is 0.150. The molecule has 3 rings (SSSR count). The molecule has 3 aromatic rings. The number of amides is 1. The third kappa shape index (κ3) is 4.79. The Bertz CT molecular complexity index is 1110. The minimum absolute atomic E-state index is 0.0318. The standard InChI is InChI=1S/C20H18N4O6/c1-12-3-5-16(6-4-12)30-17-10-14(9-15(11-17)24(28)29)21-19(25)18-7-8-23(22-18)13(2)20(26)27/h3-11,13H,1-2H3,(H,21,25)(H,26,27). The number of carbonyl (C=O) groups is 2. The topological polar surface area (TPSA) is 137 Å². The van der Waals surface area contributed by atoms with Crippen molar-refractivity contribution in [3.63, 3.8) is 0 Å². The zero-order chi connectivity index (χ0) is 21.8. The number of nitrogens with one attached hydrogen (secondary N) is 1. The number of anilines is 1. The first-order chi connectivity index (χ1) is 14.2. The normalized spacial score (nSPS) is 11.5. The quantitative estimate of drug-likeness (QED) is 0.446. The zero-order valence-corrected chi connectivity index (χ0v) is 16.1. The van der Waals surface area contributed by atoms with E-state index in [9.17, 15) is 19.7 Å². The fourth-order valence-electron chi connectivity index (χ4n) is 2.55. The first kappa shape index (κ1) is 20.5. The molecule has 0 bridgehead atoms. The molecule has 0 aliphatic rings. The van der Waals surface area contributed by atoms with Crippen LogP contribution in [0.25, 0.3) is 0 Å². The molecule has 1 amide bonds. The van der Waals surface area contributed by atoms with Crippen LogP contribution in [0.1, 0.15) is 29.0 Å². The number of hydrogen-bond donors (Lipinski definition) is 2. The predicted molar refractivity (Wildman–Crippen MR) is 107 cm³/mol. The molecule has 10 heteroatoms. The number of non-ortho nitro benzene ring substituents is 1. The zero-order valence-electron chi connectivity index (χ0n) is 16.1. The summed E-state index contributed by atoms with van der Waals surface area (Å²) >= 11 is 0. The fourth-order valence-corrected chi connectivity index (χ4v) is 2.55. The van der Waals surface area contributed by atoms with Gasteiger partial charge in [0, 0.05) is 18.3 Å². The maximum atomic E-state index is 12.5. The van der Waals surface area contributed by atoms with Crippen LogP contribution in [-0.2, 0) is 4.79 Å². The molecule has 0 spiro atoms. The van der Waals surface area contributed by atoms with Gasteiger partial charge in [-0.05, 0) is 32.0 Å². The van der Waals surface area contributed by atoms with Gasteiger partial charge in [0.25, 0.3) is 11.6 Å². The number of carboxylic acids is 1. The molecular formula is C20H18N4O6. The number of rotatable bonds is 7. The molecule has 0 saturated carbocycles. The van der Waals surface area contributed by atoms with Crippen molar-refractivity contribution >= 4 is 23.3 Å². The van der Waals surface area contributed by atoms with Gasteiger partial charge in [-0.25, -0.2) is 4.79 Å². The van der Waals surface area contributed by atoms with Crippen LogP contribution in [0.3, 0.4) is 0 Å². The second kappa shape index (κ2) is 8.43. The number of nitro benzene ring substituents is 1. The van der Waals surface area contributed by atoms with Crippen LogP contribution in [0.5, 0.6) is 11.5 Å². The lowest BCUT2D eigenvalue weighted by molar-refractivity contribution is -0.384. The van der Waals surface area contributed by atoms with Gasteiger partial charge in [-0.1, -0.05) is 17.7 Å². The van der Waals surface area contributed by atoms with Gasteiger partial charge in [0.05, 0.1) is 16.7 Å². The third-order valence-electron chi connectivity index (χ3n) is 4.21. The van der Waals surface area contributed by atoms with E-state index in [1.54, 1.807) is 12.1 Å². The molecule has 0 radical (unpaired) electrons. The Morgan fingerprint density at radius 1 is 1.17 bits per heavy atom. The van der Waals surface area contributed by atoms with E-state index in [1.165, 1.54) is 37.4 Å². The summed E-state index contributed by atoms with van der Waals surface area (Å²) in [5, 5.41) is 26.8. The summed E-state index contributed by atoms with van der Waals surface area (Å²) in [5.74, 6) is -1.08. The summed E-state index contributed by atoms with van der Waals surface area (Å²) in [5.41, 5.74) is 0.874. The van der Waals surface area contributed by atoms with Crippen molar-refractivity contribution in [2.24, 2.45) is 0 Å². The molecular weight excluding hydrogens is 392 g/mol. The highest BCUT2D eigenvalue weighted by atomic mass is 16.6. The van der Waals surface area contributed by atoms with Crippen LogP contribution in [0, 0.1) is 17.0 Å². The second-order valence-electron chi connectivity index (χ2n) is 6.54. The lowest BCUT2D eigenvalue weighted by Crippen LogP contribution is -2.18. The molecule has 0 aliphatic carbocycles. The number of carbonyl (C=O) groups excluding carboxylic acids is 1. The van der Waals surface area contributed by atoms with Crippen molar-refractivity contribution in [1.29, 1.82) is 0 Å². The van der Waals surface area contributed by atoms with Gasteiger partial charge in [-0.3, -0.25) is 19.6 Å². The Kier molecular flexibility index (Phi) is 5.77. The monoisotopic (exact) mass is 410 g/mol. The Morgan fingerprint density at radius 2 is 1.87 bits per heavy atom. The van der Waals surface area contributed by atoms with Gasteiger partial charge < -0.3 is 15.2 Å².